The minimum Gasteiger partial charge on any atom is -0.497 e. The highest BCUT2D eigenvalue weighted by atomic mass is 35.5. The summed E-state index contributed by atoms with van der Waals surface area (Å²) in [6.07, 6.45) is 1.36. The van der Waals surface area contributed by atoms with Gasteiger partial charge < -0.3 is 14.2 Å². The van der Waals surface area contributed by atoms with Gasteiger partial charge in [0.25, 0.3) is 0 Å². The number of hydrogen-bond donors (Lipinski definition) is 0. The number of benzene rings is 2. The molecule has 1 aliphatic rings. The Morgan fingerprint density at radius 3 is 2.47 bits per heavy atom. The van der Waals surface area contributed by atoms with Crippen LogP contribution in [0, 0.1) is 17.0 Å². The molecular formula is C28H30ClF3N2O4. The summed E-state index contributed by atoms with van der Waals surface area (Å²) in [6, 6.07) is 8.26. The van der Waals surface area contributed by atoms with Gasteiger partial charge in [0.1, 0.15) is 35.9 Å². The van der Waals surface area contributed by atoms with Crippen LogP contribution in [-0.4, -0.2) is 56.3 Å². The fraction of sp³-hybridized carbons (Fsp3) is 0.429. The highest BCUT2D eigenvalue weighted by Crippen LogP contribution is 2.42. The first-order valence-corrected chi connectivity index (χ1v) is 12.8. The molecule has 1 fully saturated rings. The lowest BCUT2D eigenvalue weighted by atomic mass is 9.74. The van der Waals surface area contributed by atoms with Crippen LogP contribution in [0.25, 0.3) is 10.9 Å². The van der Waals surface area contributed by atoms with Gasteiger partial charge >= 0.3 is 5.97 Å². The van der Waals surface area contributed by atoms with E-state index < -0.39 is 23.2 Å². The van der Waals surface area contributed by atoms with Crippen LogP contribution in [0.15, 0.2) is 42.6 Å². The van der Waals surface area contributed by atoms with Crippen LogP contribution in [0.5, 0.6) is 11.5 Å². The second kappa shape index (κ2) is 12.2. The van der Waals surface area contributed by atoms with Gasteiger partial charge in [0.05, 0.1) is 30.2 Å². The quantitative estimate of drug-likeness (QED) is 0.276. The smallest absolute Gasteiger partial charge is 0.311 e. The molecule has 1 aromatic heterocycles. The molecule has 204 valence electrons. The summed E-state index contributed by atoms with van der Waals surface area (Å²) in [5, 5.41) is 0.794. The van der Waals surface area contributed by atoms with Crippen molar-refractivity contribution >= 4 is 28.5 Å². The molecule has 4 rings (SSSR count). The minimum absolute atomic E-state index is 0.0827. The van der Waals surface area contributed by atoms with Crippen molar-refractivity contribution in [3.8, 4) is 11.5 Å². The van der Waals surface area contributed by atoms with Crippen LogP contribution >= 0.6 is 11.6 Å². The van der Waals surface area contributed by atoms with Crippen LogP contribution < -0.4 is 9.47 Å². The van der Waals surface area contributed by atoms with Crippen molar-refractivity contribution in [1.29, 1.82) is 0 Å². The maximum absolute atomic E-state index is 15.7. The first-order valence-electron chi connectivity index (χ1n) is 12.4. The van der Waals surface area contributed by atoms with Gasteiger partial charge in [0, 0.05) is 41.9 Å². The van der Waals surface area contributed by atoms with Crippen molar-refractivity contribution in [2.75, 3.05) is 40.5 Å². The maximum Gasteiger partial charge on any atom is 0.311 e. The summed E-state index contributed by atoms with van der Waals surface area (Å²) in [5.74, 6) is -1.07. The van der Waals surface area contributed by atoms with E-state index in [1.807, 2.05) is 0 Å². The monoisotopic (exact) mass is 550 g/mol. The number of methoxy groups -OCH3 is 2. The van der Waals surface area contributed by atoms with Crippen LogP contribution in [0.1, 0.15) is 37.4 Å². The van der Waals surface area contributed by atoms with Crippen molar-refractivity contribution in [2.24, 2.45) is 5.41 Å². The molecule has 2 heterocycles. The van der Waals surface area contributed by atoms with E-state index in [-0.39, 0.29) is 36.2 Å². The number of pyridine rings is 1. The second-order valence-corrected chi connectivity index (χ2v) is 9.88. The van der Waals surface area contributed by atoms with E-state index in [9.17, 15) is 13.6 Å². The minimum atomic E-state index is -1.42. The van der Waals surface area contributed by atoms with Gasteiger partial charge in [-0.05, 0) is 57.0 Å². The topological polar surface area (TPSA) is 60.9 Å². The molecule has 38 heavy (non-hydrogen) atoms. The number of piperidine rings is 1. The normalized spacial score (nSPS) is 16.3. The fourth-order valence-corrected chi connectivity index (χ4v) is 5.31. The number of nitrogens with zero attached hydrogens (tertiary/aromatic N) is 2. The Labute approximate surface area is 224 Å². The van der Waals surface area contributed by atoms with Crippen LogP contribution in [-0.2, 0) is 9.53 Å². The number of carbonyl (C=O) groups excluding carboxylic acids is 1. The van der Waals surface area contributed by atoms with Crippen molar-refractivity contribution in [3.05, 3.63) is 64.8 Å². The lowest BCUT2D eigenvalue weighted by molar-refractivity contribution is -0.157. The zero-order chi connectivity index (χ0) is 27.3. The molecule has 1 atom stereocenters. The molecule has 0 aliphatic carbocycles. The predicted octanol–water partition coefficient (Wildman–Crippen LogP) is 6.30. The third kappa shape index (κ3) is 6.32. The molecule has 0 N–H and O–H groups in total. The number of esters is 1. The molecule has 0 radical (unpaired) electrons. The van der Waals surface area contributed by atoms with Gasteiger partial charge in [-0.2, -0.15) is 0 Å². The molecular weight excluding hydrogens is 521 g/mol. The standard InChI is InChI=1S/C28H30ClF3N2O4/c1-36-20-3-4-25-22(16-20)26(23(29)17-33-25)24(32)5-6-28(27(35)37-2)7-9-34(10-8-28)11-12-38-21-14-18(30)13-19(31)15-21/h3-4,13-17,24H,5-12H2,1-2H3/t24-/m0/s1. The predicted molar refractivity (Wildman–Crippen MR) is 138 cm³/mol. The Kier molecular flexibility index (Phi) is 8.99. The number of aromatic nitrogens is 1. The molecule has 10 heteroatoms. The molecule has 1 aliphatic heterocycles. The van der Waals surface area contributed by atoms with Crippen LogP contribution in [0.2, 0.25) is 5.02 Å². The Morgan fingerprint density at radius 1 is 1.11 bits per heavy atom. The third-order valence-electron chi connectivity index (χ3n) is 7.20. The molecule has 0 spiro atoms. The van der Waals surface area contributed by atoms with Crippen LogP contribution in [0.3, 0.4) is 0 Å². The van der Waals surface area contributed by atoms with E-state index in [0.29, 0.717) is 54.7 Å². The lowest BCUT2D eigenvalue weighted by Crippen LogP contribution is -2.46. The number of halogens is 4. The largest absolute Gasteiger partial charge is 0.497 e. The molecule has 0 unspecified atom stereocenters. The average Bonchev–Trinajstić information content (AvgIpc) is 2.91. The van der Waals surface area contributed by atoms with E-state index >= 15 is 4.39 Å². The van der Waals surface area contributed by atoms with Gasteiger partial charge in [-0.3, -0.25) is 14.7 Å². The summed E-state index contributed by atoms with van der Waals surface area (Å²) in [5.41, 5.74) is 0.112. The van der Waals surface area contributed by atoms with Crippen molar-refractivity contribution in [1.82, 2.24) is 9.88 Å². The number of rotatable bonds is 10. The van der Waals surface area contributed by atoms with Gasteiger partial charge in [0.15, 0.2) is 0 Å². The number of alkyl halides is 1. The highest BCUT2D eigenvalue weighted by molar-refractivity contribution is 6.32. The van der Waals surface area contributed by atoms with Gasteiger partial charge in [0.2, 0.25) is 0 Å². The van der Waals surface area contributed by atoms with Gasteiger partial charge in [-0.15, -0.1) is 0 Å². The second-order valence-electron chi connectivity index (χ2n) is 9.48. The summed E-state index contributed by atoms with van der Waals surface area (Å²) in [4.78, 5) is 19.2. The summed E-state index contributed by atoms with van der Waals surface area (Å²) in [7, 11) is 2.88. The van der Waals surface area contributed by atoms with Crippen molar-refractivity contribution < 1.29 is 32.2 Å². The van der Waals surface area contributed by atoms with Crippen LogP contribution in [0.4, 0.5) is 13.2 Å². The SMILES string of the molecule is COC(=O)C1(CC[C@H](F)c2c(Cl)cnc3ccc(OC)cc23)CCN(CCOc2cc(F)cc(F)c2)CC1. The first kappa shape index (κ1) is 28.0. The molecule has 2 aromatic carbocycles. The van der Waals surface area contributed by atoms with E-state index in [1.54, 1.807) is 18.2 Å². The van der Waals surface area contributed by atoms with Crippen molar-refractivity contribution in [3.63, 3.8) is 0 Å². The van der Waals surface area contributed by atoms with Gasteiger partial charge in [-0.25, -0.2) is 13.2 Å². The molecule has 0 amide bonds. The number of fused-ring (bicyclic) bond motifs is 1. The zero-order valence-corrected chi connectivity index (χ0v) is 22.1. The third-order valence-corrected chi connectivity index (χ3v) is 7.50. The molecule has 1 saturated heterocycles. The maximum atomic E-state index is 15.7. The molecule has 0 bridgehead atoms. The fourth-order valence-electron chi connectivity index (χ4n) is 5.04. The Hall–Kier alpha value is -3.04. The molecule has 0 saturated carbocycles. The highest BCUT2D eigenvalue weighted by Gasteiger charge is 2.42. The number of carbonyl (C=O) groups is 1. The summed E-state index contributed by atoms with van der Waals surface area (Å²) < 4.78 is 58.3. The van der Waals surface area contributed by atoms with E-state index in [4.69, 9.17) is 25.8 Å². The van der Waals surface area contributed by atoms with Gasteiger partial charge in [-0.1, -0.05) is 11.6 Å². The number of hydrogen-bond acceptors (Lipinski definition) is 6. The summed E-state index contributed by atoms with van der Waals surface area (Å²) >= 11 is 6.37. The molecule has 6 nitrogen and oxygen atoms in total. The number of likely N-dealkylation sites (tertiary alicyclic amines) is 1. The lowest BCUT2D eigenvalue weighted by Gasteiger charge is -2.40. The Bertz CT molecular complexity index is 1260. The Balaban J connectivity index is 1.39. The first-order chi connectivity index (χ1) is 18.2. The number of ether oxygens (including phenoxy) is 3. The Morgan fingerprint density at radius 2 is 1.82 bits per heavy atom. The average molecular weight is 551 g/mol. The van der Waals surface area contributed by atoms with E-state index in [2.05, 4.69) is 9.88 Å². The van der Waals surface area contributed by atoms with E-state index in [1.165, 1.54) is 20.4 Å². The van der Waals surface area contributed by atoms with Crippen molar-refractivity contribution in [2.45, 2.75) is 31.9 Å². The summed E-state index contributed by atoms with van der Waals surface area (Å²) in [6.45, 7) is 1.89. The van der Waals surface area contributed by atoms with E-state index in [0.717, 1.165) is 18.2 Å². The molecule has 3 aromatic rings. The zero-order valence-electron chi connectivity index (χ0n) is 21.3.